The van der Waals surface area contributed by atoms with Gasteiger partial charge in [0.25, 0.3) is 0 Å². The van der Waals surface area contributed by atoms with Crippen LogP contribution in [0.1, 0.15) is 214 Å². The molecule has 4 aromatic rings. The van der Waals surface area contributed by atoms with Gasteiger partial charge in [0, 0.05) is 37.7 Å². The fraction of sp³-hybridized carbons (Fsp3) is 0.469. The van der Waals surface area contributed by atoms with Crippen LogP contribution in [0.5, 0.6) is 11.5 Å². The summed E-state index contributed by atoms with van der Waals surface area (Å²) in [5, 5.41) is 6.50. The van der Waals surface area contributed by atoms with Crippen molar-refractivity contribution in [3.8, 4) is 11.5 Å². The first-order valence-electron chi connectivity index (χ1n) is 28.3. The smallest absolute Gasteiger partial charge is 0.311 e. The van der Waals surface area contributed by atoms with Gasteiger partial charge in [-0.15, -0.1) is 0 Å². The molecule has 1 heterocycles. The van der Waals surface area contributed by atoms with Gasteiger partial charge < -0.3 is 20.1 Å². The molecule has 0 radical (unpaired) electrons. The van der Waals surface area contributed by atoms with Crippen molar-refractivity contribution in [1.82, 2.24) is 0 Å². The summed E-state index contributed by atoms with van der Waals surface area (Å²) in [6, 6.07) is 28.1. The molecular formula is C64H84N4O6. The molecule has 2 N–H and O–H groups in total. The van der Waals surface area contributed by atoms with Gasteiger partial charge in [0.15, 0.2) is 11.6 Å². The van der Waals surface area contributed by atoms with E-state index in [2.05, 4.69) is 24.5 Å². The number of unbranched alkanes of at least 4 members (excludes halogenated alkanes) is 24. The van der Waals surface area contributed by atoms with Crippen LogP contribution in [0, 0.1) is 0 Å². The van der Waals surface area contributed by atoms with Crippen LogP contribution >= 0.6 is 0 Å². The lowest BCUT2D eigenvalue weighted by atomic mass is 10.0. The fourth-order valence-electron chi connectivity index (χ4n) is 9.05. The van der Waals surface area contributed by atoms with E-state index in [1.54, 1.807) is 73.1 Å². The fourth-order valence-corrected chi connectivity index (χ4v) is 9.05. The summed E-state index contributed by atoms with van der Waals surface area (Å²) in [4.78, 5) is 64.6. The number of ether oxygens (including phenoxy) is 2. The zero-order valence-corrected chi connectivity index (χ0v) is 44.7. The largest absolute Gasteiger partial charge is 0.426 e. The number of carbonyl (C=O) groups is 4. The van der Waals surface area contributed by atoms with Crippen molar-refractivity contribution < 1.29 is 28.7 Å². The van der Waals surface area contributed by atoms with Crippen LogP contribution in [0.15, 0.2) is 131 Å². The molecule has 0 atom stereocenters. The zero-order valence-electron chi connectivity index (χ0n) is 44.7. The van der Waals surface area contributed by atoms with Gasteiger partial charge in [-0.3, -0.25) is 29.2 Å². The number of carbonyl (C=O) groups excluding carboxylic acids is 4. The molecule has 0 fully saturated rings. The van der Waals surface area contributed by atoms with E-state index in [-0.39, 0.29) is 58.6 Å². The molecule has 396 valence electrons. The summed E-state index contributed by atoms with van der Waals surface area (Å²) in [6.45, 7) is 4.51. The molecule has 5 rings (SSSR count). The van der Waals surface area contributed by atoms with Gasteiger partial charge in [-0.05, 0) is 61.4 Å². The Morgan fingerprint density at radius 3 is 1.03 bits per heavy atom. The normalized spacial score (nSPS) is 13.7. The van der Waals surface area contributed by atoms with Crippen LogP contribution < -0.4 is 20.1 Å². The maximum absolute atomic E-state index is 14.4. The van der Waals surface area contributed by atoms with Crippen molar-refractivity contribution in [3.63, 3.8) is 0 Å². The van der Waals surface area contributed by atoms with Crippen LogP contribution in [-0.4, -0.2) is 35.9 Å². The number of fused-ring (bicyclic) bond motifs is 2. The van der Waals surface area contributed by atoms with E-state index in [4.69, 9.17) is 19.5 Å². The predicted octanol–water partition coefficient (Wildman–Crippen LogP) is 17.9. The summed E-state index contributed by atoms with van der Waals surface area (Å²) in [5.74, 6) is -1.18. The third-order valence-corrected chi connectivity index (χ3v) is 13.5. The number of anilines is 2. The van der Waals surface area contributed by atoms with Gasteiger partial charge in [-0.25, -0.2) is 0 Å². The zero-order chi connectivity index (χ0) is 52.3. The molecule has 0 amide bonds. The van der Waals surface area contributed by atoms with Crippen LogP contribution in [0.25, 0.3) is 0 Å². The Morgan fingerprint density at radius 1 is 0.378 bits per heavy atom. The Kier molecular flexibility index (Phi) is 28.2. The number of allylic oxidation sites excluding steroid dienone is 2. The topological polar surface area (TPSA) is 136 Å². The van der Waals surface area contributed by atoms with Gasteiger partial charge in [-0.1, -0.05) is 216 Å². The molecule has 10 heteroatoms. The standard InChI is InChI=1S/C64H84N4O6/c1-3-5-7-9-11-13-15-17-19-21-23-25-27-45-61(69)73-59-43-35-29-37-53(59)63(71)51-47-65-55-39-31-33-41-57(55)67-49-52(50-68-58-42-34-32-40-56(58)66-48-51)64(72)54-38-30-36-44-60(54)74-62(70)46-28-26-24-22-20-18-16-14-12-10-8-6-4-2/h29-44,47-50,65,68H,3-28,45-46H2,1-2H3/b51-47-,52-50-,66-48?,67-49?. The highest BCUT2D eigenvalue weighted by Gasteiger charge is 2.21. The molecule has 0 saturated carbocycles. The molecule has 0 unspecified atom stereocenters. The molecule has 1 aliphatic heterocycles. The lowest BCUT2D eigenvalue weighted by Gasteiger charge is -2.13. The summed E-state index contributed by atoms with van der Waals surface area (Å²) in [5.41, 5.74) is 2.93. The molecular weight excluding hydrogens is 921 g/mol. The van der Waals surface area contributed by atoms with E-state index < -0.39 is 11.6 Å². The van der Waals surface area contributed by atoms with Gasteiger partial charge in [0.2, 0.25) is 0 Å². The molecule has 0 spiro atoms. The van der Waals surface area contributed by atoms with Crippen molar-refractivity contribution in [2.45, 2.75) is 194 Å². The summed E-state index contributed by atoms with van der Waals surface area (Å²) >= 11 is 0. The van der Waals surface area contributed by atoms with E-state index in [0.29, 0.717) is 22.7 Å². The van der Waals surface area contributed by atoms with Crippen LogP contribution in [0.3, 0.4) is 0 Å². The van der Waals surface area contributed by atoms with Gasteiger partial charge in [-0.2, -0.15) is 0 Å². The average Bonchev–Trinajstić information content (AvgIpc) is 3.41. The molecule has 4 aromatic carbocycles. The Balaban J connectivity index is 1.21. The third kappa shape index (κ3) is 22.0. The van der Waals surface area contributed by atoms with Gasteiger partial charge >= 0.3 is 11.9 Å². The number of esters is 2. The third-order valence-electron chi connectivity index (χ3n) is 13.5. The molecule has 0 bridgehead atoms. The Bertz CT molecular complexity index is 2280. The second-order valence-corrected chi connectivity index (χ2v) is 19.6. The quantitative estimate of drug-likeness (QED) is 0.0204. The van der Waals surface area contributed by atoms with Crippen LogP contribution in [0.4, 0.5) is 22.7 Å². The van der Waals surface area contributed by atoms with Crippen molar-refractivity contribution >= 4 is 58.7 Å². The van der Waals surface area contributed by atoms with Gasteiger partial charge in [0.05, 0.1) is 45.0 Å². The van der Waals surface area contributed by atoms with Crippen LogP contribution in [-0.2, 0) is 9.59 Å². The van der Waals surface area contributed by atoms with Crippen molar-refractivity contribution in [2.75, 3.05) is 10.6 Å². The highest BCUT2D eigenvalue weighted by atomic mass is 16.5. The first-order valence-corrected chi connectivity index (χ1v) is 28.3. The number of ketones is 2. The number of hydrogen-bond donors (Lipinski definition) is 2. The Hall–Kier alpha value is -6.42. The van der Waals surface area contributed by atoms with Crippen molar-refractivity contribution in [1.29, 1.82) is 0 Å². The molecule has 1 aliphatic rings. The first-order chi connectivity index (χ1) is 36.4. The second kappa shape index (κ2) is 35.7. The number of nitrogens with zero attached hydrogens (tertiary/aromatic N) is 2. The summed E-state index contributed by atoms with van der Waals surface area (Å²) in [7, 11) is 0. The van der Waals surface area contributed by atoms with Gasteiger partial charge in [0.1, 0.15) is 11.5 Å². The van der Waals surface area contributed by atoms with Crippen molar-refractivity contribution in [3.05, 3.63) is 132 Å². The number of aliphatic imine (C=N–C) groups is 2. The minimum Gasteiger partial charge on any atom is -0.426 e. The summed E-state index contributed by atoms with van der Waals surface area (Å²) < 4.78 is 11.7. The number of benzene rings is 4. The Morgan fingerprint density at radius 2 is 0.676 bits per heavy atom. The molecule has 0 aromatic heterocycles. The minimum absolute atomic E-state index is 0.187. The molecule has 74 heavy (non-hydrogen) atoms. The number of Topliss-reactive ketones (excluding diaryl/α,β-unsaturated/α-hetero) is 2. The lowest BCUT2D eigenvalue weighted by molar-refractivity contribution is -0.135. The van der Waals surface area contributed by atoms with Crippen molar-refractivity contribution in [2.24, 2.45) is 9.98 Å². The predicted molar refractivity (Wildman–Crippen MR) is 306 cm³/mol. The lowest BCUT2D eigenvalue weighted by Crippen LogP contribution is -2.13. The monoisotopic (exact) mass is 1000 g/mol. The minimum atomic E-state index is -0.402. The van der Waals surface area contributed by atoms with E-state index >= 15 is 0 Å². The number of para-hydroxylation sites is 6. The van der Waals surface area contributed by atoms with E-state index in [0.717, 1.165) is 38.5 Å². The average molecular weight is 1010 g/mol. The van der Waals surface area contributed by atoms with Crippen LogP contribution in [0.2, 0.25) is 0 Å². The summed E-state index contributed by atoms with van der Waals surface area (Å²) in [6.07, 6.45) is 38.2. The molecule has 0 saturated heterocycles. The maximum Gasteiger partial charge on any atom is 0.311 e. The first kappa shape index (κ1) is 58.5. The SMILES string of the molecule is CCCCCCCCCCCCCCCC(=O)Oc1ccccc1C(=O)/C1=C\Nc2ccccc2N=C/C(C(=O)c2ccccc2OC(=O)CCCCCCCCCCCCCCC)=C/Nc2ccccc2N=C1. The maximum atomic E-state index is 14.4. The highest BCUT2D eigenvalue weighted by Crippen LogP contribution is 2.30. The highest BCUT2D eigenvalue weighted by molar-refractivity contribution is 6.24. The number of nitrogens with one attached hydrogen (secondary N) is 2. The molecule has 0 aliphatic carbocycles. The van der Waals surface area contributed by atoms with E-state index in [9.17, 15) is 19.2 Å². The Labute approximate surface area is 443 Å². The van der Waals surface area contributed by atoms with E-state index in [1.807, 2.05) is 36.4 Å². The second-order valence-electron chi connectivity index (χ2n) is 19.6. The molecule has 10 nitrogen and oxygen atoms in total. The number of hydrogen-bond acceptors (Lipinski definition) is 10. The number of rotatable bonds is 34. The van der Waals surface area contributed by atoms with E-state index in [1.165, 1.54) is 141 Å².